The summed E-state index contributed by atoms with van der Waals surface area (Å²) >= 11 is 14.6. The molecule has 4 aromatic rings. The minimum Gasteiger partial charge on any atom is -0.340 e. The molecule has 0 atom stereocenters. The first kappa shape index (κ1) is 21.9. The Kier molecular flexibility index (Phi) is 6.65. The van der Waals surface area contributed by atoms with Crippen LogP contribution < -0.4 is 5.43 Å². The minimum atomic E-state index is -0.248. The molecule has 156 valence electrons. The quantitative estimate of drug-likeness (QED) is 0.165. The SMILES string of the molecule is Cc1c(/C=N\NC(=O)c2ccc(I)cc2)c2ccccc2n1Cc1ccc(Cl)cc1Cl. The molecule has 0 aliphatic heterocycles. The number of hydrogen-bond acceptors (Lipinski definition) is 2. The van der Waals surface area contributed by atoms with E-state index in [4.69, 9.17) is 23.2 Å². The van der Waals surface area contributed by atoms with Crippen LogP contribution in [0.3, 0.4) is 0 Å². The Balaban J connectivity index is 1.64. The molecule has 4 nitrogen and oxygen atoms in total. The highest BCUT2D eigenvalue weighted by Crippen LogP contribution is 2.28. The molecule has 7 heteroatoms. The molecule has 1 heterocycles. The van der Waals surface area contributed by atoms with Gasteiger partial charge in [0, 0.05) is 47.9 Å². The number of carbonyl (C=O) groups is 1. The summed E-state index contributed by atoms with van der Waals surface area (Å²) < 4.78 is 3.26. The highest BCUT2D eigenvalue weighted by molar-refractivity contribution is 14.1. The minimum absolute atomic E-state index is 0.248. The summed E-state index contributed by atoms with van der Waals surface area (Å²) in [6.45, 7) is 2.64. The number of carbonyl (C=O) groups excluding carboxylic acids is 1. The van der Waals surface area contributed by atoms with Gasteiger partial charge in [-0.25, -0.2) is 5.43 Å². The Bertz CT molecular complexity index is 1300. The van der Waals surface area contributed by atoms with E-state index in [9.17, 15) is 4.79 Å². The van der Waals surface area contributed by atoms with E-state index in [2.05, 4.69) is 43.8 Å². The smallest absolute Gasteiger partial charge is 0.271 e. The summed E-state index contributed by atoms with van der Waals surface area (Å²) in [4.78, 5) is 12.3. The van der Waals surface area contributed by atoms with Gasteiger partial charge in [-0.3, -0.25) is 4.79 Å². The fourth-order valence-corrected chi connectivity index (χ4v) is 4.29. The summed E-state index contributed by atoms with van der Waals surface area (Å²) in [6, 6.07) is 21.0. The van der Waals surface area contributed by atoms with Crippen molar-refractivity contribution in [1.82, 2.24) is 9.99 Å². The molecule has 0 saturated heterocycles. The van der Waals surface area contributed by atoms with Crippen LogP contribution in [0.15, 0.2) is 71.8 Å². The van der Waals surface area contributed by atoms with Gasteiger partial charge in [0.1, 0.15) is 0 Å². The lowest BCUT2D eigenvalue weighted by Gasteiger charge is -2.10. The molecule has 0 spiro atoms. The zero-order valence-corrected chi connectivity index (χ0v) is 20.2. The third-order valence-electron chi connectivity index (χ3n) is 5.09. The van der Waals surface area contributed by atoms with Gasteiger partial charge in [-0.05, 0) is 77.5 Å². The topological polar surface area (TPSA) is 46.4 Å². The Labute approximate surface area is 204 Å². The lowest BCUT2D eigenvalue weighted by Crippen LogP contribution is -2.17. The van der Waals surface area contributed by atoms with E-state index >= 15 is 0 Å². The van der Waals surface area contributed by atoms with Crippen molar-refractivity contribution >= 4 is 68.8 Å². The summed E-state index contributed by atoms with van der Waals surface area (Å²) in [5.41, 5.74) is 7.20. The van der Waals surface area contributed by atoms with Crippen LogP contribution in [0.2, 0.25) is 10.0 Å². The first-order valence-electron chi connectivity index (χ1n) is 9.55. The second kappa shape index (κ2) is 9.42. The third kappa shape index (κ3) is 4.79. The van der Waals surface area contributed by atoms with E-state index in [-0.39, 0.29) is 5.91 Å². The molecule has 0 bridgehead atoms. The van der Waals surface area contributed by atoms with Gasteiger partial charge >= 0.3 is 0 Å². The van der Waals surface area contributed by atoms with E-state index < -0.39 is 0 Å². The van der Waals surface area contributed by atoms with E-state index in [1.54, 1.807) is 24.4 Å². The number of hydrogen-bond donors (Lipinski definition) is 1. The van der Waals surface area contributed by atoms with Crippen molar-refractivity contribution in [2.24, 2.45) is 5.10 Å². The van der Waals surface area contributed by atoms with Crippen LogP contribution in [0.1, 0.15) is 27.2 Å². The lowest BCUT2D eigenvalue weighted by atomic mass is 10.1. The van der Waals surface area contributed by atoms with Crippen LogP contribution in [0.25, 0.3) is 10.9 Å². The second-order valence-electron chi connectivity index (χ2n) is 7.04. The monoisotopic (exact) mass is 561 g/mol. The van der Waals surface area contributed by atoms with Gasteiger partial charge in [-0.15, -0.1) is 0 Å². The number of nitrogens with zero attached hydrogens (tertiary/aromatic N) is 2. The van der Waals surface area contributed by atoms with Gasteiger partial charge in [0.25, 0.3) is 5.91 Å². The molecule has 1 aromatic heterocycles. The first-order valence-corrected chi connectivity index (χ1v) is 11.4. The largest absolute Gasteiger partial charge is 0.340 e. The molecule has 1 amide bonds. The normalized spacial score (nSPS) is 11.4. The summed E-state index contributed by atoms with van der Waals surface area (Å²) in [5, 5.41) is 6.51. The van der Waals surface area contributed by atoms with Gasteiger partial charge in [-0.2, -0.15) is 5.10 Å². The molecule has 1 N–H and O–H groups in total. The Morgan fingerprint density at radius 1 is 1.10 bits per heavy atom. The number of halogens is 3. The maximum atomic E-state index is 12.3. The van der Waals surface area contributed by atoms with Crippen molar-refractivity contribution in [3.05, 3.63) is 103 Å². The average Bonchev–Trinajstić information content (AvgIpc) is 3.02. The molecular formula is C24H18Cl2IN3O. The standard InChI is InChI=1S/C24H18Cl2IN3O/c1-15-21(13-28-29-24(31)16-7-10-19(27)11-8-16)20-4-2-3-5-23(20)30(15)14-17-6-9-18(25)12-22(17)26/h2-13H,14H2,1H3,(H,29,31)/b28-13-. The number of fused-ring (bicyclic) bond motifs is 1. The van der Waals surface area contributed by atoms with Crippen LogP contribution in [-0.4, -0.2) is 16.7 Å². The van der Waals surface area contributed by atoms with Gasteiger partial charge in [0.05, 0.1) is 6.21 Å². The second-order valence-corrected chi connectivity index (χ2v) is 9.13. The molecule has 0 aliphatic rings. The highest BCUT2D eigenvalue weighted by Gasteiger charge is 2.14. The average molecular weight is 562 g/mol. The van der Waals surface area contributed by atoms with Crippen LogP contribution in [0, 0.1) is 10.5 Å². The number of hydrazone groups is 1. The maximum Gasteiger partial charge on any atom is 0.271 e. The van der Waals surface area contributed by atoms with Crippen molar-refractivity contribution in [3.63, 3.8) is 0 Å². The number of nitrogens with one attached hydrogen (secondary N) is 1. The van der Waals surface area contributed by atoms with Crippen LogP contribution in [0.4, 0.5) is 0 Å². The van der Waals surface area contributed by atoms with Gasteiger partial charge in [0.15, 0.2) is 0 Å². The van der Waals surface area contributed by atoms with Crippen molar-refractivity contribution in [2.45, 2.75) is 13.5 Å². The zero-order chi connectivity index (χ0) is 22.0. The summed E-state index contributed by atoms with van der Waals surface area (Å²) in [7, 11) is 0. The van der Waals surface area contributed by atoms with E-state index in [0.717, 1.165) is 31.3 Å². The van der Waals surface area contributed by atoms with Crippen LogP contribution >= 0.6 is 45.8 Å². The Hall–Kier alpha value is -2.35. The number of benzene rings is 3. The number of aromatic nitrogens is 1. The highest BCUT2D eigenvalue weighted by atomic mass is 127. The predicted octanol–water partition coefficient (Wildman–Crippen LogP) is 6.67. The van der Waals surface area contributed by atoms with Crippen LogP contribution in [-0.2, 0) is 6.54 Å². The number of rotatable bonds is 5. The fourth-order valence-electron chi connectivity index (χ4n) is 3.47. The Morgan fingerprint density at radius 3 is 2.58 bits per heavy atom. The molecule has 0 unspecified atom stereocenters. The molecule has 0 aliphatic carbocycles. The van der Waals surface area contributed by atoms with Gasteiger partial charge in [-0.1, -0.05) is 47.5 Å². The molecule has 0 fully saturated rings. The number of amides is 1. The van der Waals surface area contributed by atoms with Gasteiger partial charge in [0.2, 0.25) is 0 Å². The predicted molar refractivity (Wildman–Crippen MR) is 136 cm³/mol. The molecule has 31 heavy (non-hydrogen) atoms. The summed E-state index contributed by atoms with van der Waals surface area (Å²) in [5.74, 6) is -0.248. The molecule has 3 aromatic carbocycles. The molecular weight excluding hydrogens is 544 g/mol. The van der Waals surface area contributed by atoms with Crippen molar-refractivity contribution in [3.8, 4) is 0 Å². The van der Waals surface area contributed by atoms with Crippen LogP contribution in [0.5, 0.6) is 0 Å². The number of para-hydroxylation sites is 1. The third-order valence-corrected chi connectivity index (χ3v) is 6.40. The van der Waals surface area contributed by atoms with E-state index in [0.29, 0.717) is 22.2 Å². The van der Waals surface area contributed by atoms with E-state index in [1.807, 2.05) is 49.4 Å². The lowest BCUT2D eigenvalue weighted by molar-refractivity contribution is 0.0955. The van der Waals surface area contributed by atoms with Crippen molar-refractivity contribution in [1.29, 1.82) is 0 Å². The Morgan fingerprint density at radius 2 is 1.84 bits per heavy atom. The van der Waals surface area contributed by atoms with Crippen molar-refractivity contribution < 1.29 is 4.79 Å². The maximum absolute atomic E-state index is 12.3. The first-order chi connectivity index (χ1) is 14.9. The van der Waals surface area contributed by atoms with Gasteiger partial charge < -0.3 is 4.57 Å². The van der Waals surface area contributed by atoms with Crippen molar-refractivity contribution in [2.75, 3.05) is 0 Å². The molecule has 0 radical (unpaired) electrons. The summed E-state index contributed by atoms with van der Waals surface area (Å²) in [6.07, 6.45) is 1.70. The fraction of sp³-hybridized carbons (Fsp3) is 0.0833. The van der Waals surface area contributed by atoms with E-state index in [1.165, 1.54) is 0 Å². The molecule has 0 saturated carbocycles. The zero-order valence-electron chi connectivity index (χ0n) is 16.6. The molecule has 4 rings (SSSR count).